The van der Waals surface area contributed by atoms with E-state index in [1.165, 1.54) is 0 Å². The van der Waals surface area contributed by atoms with E-state index in [2.05, 4.69) is 9.98 Å². The summed E-state index contributed by atoms with van der Waals surface area (Å²) >= 11 is 0. The number of hydrogen-bond donors (Lipinski definition) is 3. The van der Waals surface area contributed by atoms with Crippen LogP contribution in [0.1, 0.15) is 50.7 Å². The summed E-state index contributed by atoms with van der Waals surface area (Å²) in [4.78, 5) is 10.8. The minimum absolute atomic E-state index is 0.165. The molecule has 3 aliphatic rings. The number of hydrogen-bond acceptors (Lipinski definition) is 8. The quantitative estimate of drug-likeness (QED) is 0.749. The highest BCUT2D eigenvalue weighted by molar-refractivity contribution is 6.06. The molecule has 0 radical (unpaired) electrons. The topological polar surface area (TPSA) is 119 Å². The molecule has 8 nitrogen and oxygen atoms in total. The van der Waals surface area contributed by atoms with Crippen molar-refractivity contribution >= 4 is 17.6 Å². The predicted octanol–water partition coefficient (Wildman–Crippen LogP) is 1.58. The first-order valence-electron chi connectivity index (χ1n) is 8.61. The third kappa shape index (κ3) is 2.57. The van der Waals surface area contributed by atoms with E-state index in [0.29, 0.717) is 17.1 Å². The van der Waals surface area contributed by atoms with Crippen LogP contribution < -0.4 is 25.8 Å². The standard InChI is InChI=1S/C17H23N5O3/c1-10(23)11-7-13-14(25-9-24-13)8-12(11)22-16(19)20-15(18)21-17(22)5-3-2-4-6-17/h7-8,10,23H,2-6,9H2,1H3,(H4,18,19,20,21). The average Bonchev–Trinajstić information content (AvgIpc) is 3.01. The van der Waals surface area contributed by atoms with Crippen LogP contribution in [0.15, 0.2) is 22.1 Å². The average molecular weight is 345 g/mol. The van der Waals surface area contributed by atoms with Crippen LogP contribution in [-0.2, 0) is 0 Å². The number of anilines is 1. The van der Waals surface area contributed by atoms with E-state index in [1.54, 1.807) is 13.0 Å². The van der Waals surface area contributed by atoms with Gasteiger partial charge in [0, 0.05) is 11.6 Å². The molecule has 1 aromatic rings. The Labute approximate surface area is 146 Å². The molecule has 2 heterocycles. The Bertz CT molecular complexity index is 753. The molecule has 1 spiro atoms. The molecule has 1 unspecified atom stereocenters. The van der Waals surface area contributed by atoms with Crippen molar-refractivity contribution in [3.63, 3.8) is 0 Å². The number of benzene rings is 1. The first-order valence-corrected chi connectivity index (χ1v) is 8.61. The van der Waals surface area contributed by atoms with E-state index in [4.69, 9.17) is 20.9 Å². The first kappa shape index (κ1) is 16.0. The van der Waals surface area contributed by atoms with Gasteiger partial charge in [0.1, 0.15) is 5.66 Å². The maximum atomic E-state index is 10.3. The molecular formula is C17H23N5O3. The van der Waals surface area contributed by atoms with E-state index >= 15 is 0 Å². The maximum absolute atomic E-state index is 10.3. The van der Waals surface area contributed by atoms with Crippen molar-refractivity contribution in [1.29, 1.82) is 0 Å². The summed E-state index contributed by atoms with van der Waals surface area (Å²) in [5.41, 5.74) is 13.1. The smallest absolute Gasteiger partial charge is 0.231 e. The van der Waals surface area contributed by atoms with Gasteiger partial charge in [0.15, 0.2) is 11.5 Å². The number of aliphatic hydroxyl groups excluding tert-OH is 1. The molecule has 0 saturated heterocycles. The number of rotatable bonds is 2. The number of nitrogens with zero attached hydrogens (tertiary/aromatic N) is 3. The molecule has 1 saturated carbocycles. The number of fused-ring (bicyclic) bond motifs is 1. The second-order valence-electron chi connectivity index (χ2n) is 6.76. The summed E-state index contributed by atoms with van der Waals surface area (Å²) in [6.07, 6.45) is 4.19. The van der Waals surface area contributed by atoms with Gasteiger partial charge in [-0.1, -0.05) is 6.42 Å². The van der Waals surface area contributed by atoms with Gasteiger partial charge in [0.25, 0.3) is 0 Å². The van der Waals surface area contributed by atoms with E-state index < -0.39 is 11.8 Å². The molecule has 1 fully saturated rings. The molecule has 1 atom stereocenters. The highest BCUT2D eigenvalue weighted by Gasteiger charge is 2.44. The van der Waals surface area contributed by atoms with Gasteiger partial charge in [-0.25, -0.2) is 4.99 Å². The van der Waals surface area contributed by atoms with E-state index in [0.717, 1.165) is 37.8 Å². The summed E-state index contributed by atoms with van der Waals surface area (Å²) < 4.78 is 11.0. The second kappa shape index (κ2) is 5.80. The SMILES string of the molecule is CC(O)c1cc2c(cc1N1C(N)=NC(N)=NC13CCCCC3)OCO2. The summed E-state index contributed by atoms with van der Waals surface area (Å²) in [5.74, 6) is 1.73. The lowest BCUT2D eigenvalue weighted by molar-refractivity contribution is 0.173. The number of guanidine groups is 2. The lowest BCUT2D eigenvalue weighted by Crippen LogP contribution is -2.58. The van der Waals surface area contributed by atoms with Crippen LogP contribution in [-0.4, -0.2) is 29.5 Å². The Hall–Kier alpha value is -2.48. The third-order valence-corrected chi connectivity index (χ3v) is 5.06. The zero-order chi connectivity index (χ0) is 17.6. The summed E-state index contributed by atoms with van der Waals surface area (Å²) in [5, 5.41) is 10.3. The van der Waals surface area contributed by atoms with Crippen LogP contribution in [0.3, 0.4) is 0 Å². The monoisotopic (exact) mass is 345 g/mol. The van der Waals surface area contributed by atoms with Crippen LogP contribution in [0, 0.1) is 0 Å². The molecule has 0 amide bonds. The van der Waals surface area contributed by atoms with Gasteiger partial charge < -0.3 is 26.0 Å². The van der Waals surface area contributed by atoms with Crippen molar-refractivity contribution in [2.45, 2.75) is 50.8 Å². The number of aliphatic hydroxyl groups is 1. The van der Waals surface area contributed by atoms with Crippen molar-refractivity contribution in [3.8, 4) is 11.5 Å². The van der Waals surface area contributed by atoms with Crippen molar-refractivity contribution in [3.05, 3.63) is 17.7 Å². The lowest BCUT2D eigenvalue weighted by atomic mass is 9.86. The normalized spacial score (nSPS) is 22.6. The third-order valence-electron chi connectivity index (χ3n) is 5.06. The van der Waals surface area contributed by atoms with Gasteiger partial charge in [0.2, 0.25) is 18.7 Å². The van der Waals surface area contributed by atoms with Crippen LogP contribution >= 0.6 is 0 Å². The first-order chi connectivity index (χ1) is 12.0. The van der Waals surface area contributed by atoms with Crippen LogP contribution in [0.25, 0.3) is 0 Å². The molecule has 8 heteroatoms. The van der Waals surface area contributed by atoms with Gasteiger partial charge in [-0.15, -0.1) is 0 Å². The van der Waals surface area contributed by atoms with Gasteiger partial charge >= 0.3 is 0 Å². The Morgan fingerprint density at radius 2 is 1.84 bits per heavy atom. The minimum atomic E-state index is -0.707. The van der Waals surface area contributed by atoms with Gasteiger partial charge in [0.05, 0.1) is 11.8 Å². The van der Waals surface area contributed by atoms with E-state index in [1.807, 2.05) is 11.0 Å². The molecule has 1 aromatic carbocycles. The van der Waals surface area contributed by atoms with Gasteiger partial charge in [-0.3, -0.25) is 4.90 Å². The summed E-state index contributed by atoms with van der Waals surface area (Å²) in [6.45, 7) is 1.88. The zero-order valence-corrected chi connectivity index (χ0v) is 14.2. The minimum Gasteiger partial charge on any atom is -0.454 e. The summed E-state index contributed by atoms with van der Waals surface area (Å²) in [7, 11) is 0. The Morgan fingerprint density at radius 3 is 2.52 bits per heavy atom. The van der Waals surface area contributed by atoms with Crippen LogP contribution in [0.5, 0.6) is 11.5 Å². The van der Waals surface area contributed by atoms with Crippen LogP contribution in [0.4, 0.5) is 5.69 Å². The number of ether oxygens (including phenoxy) is 2. The van der Waals surface area contributed by atoms with Gasteiger partial charge in [-0.2, -0.15) is 4.99 Å². The van der Waals surface area contributed by atoms with Gasteiger partial charge in [-0.05, 0) is 38.7 Å². The molecule has 134 valence electrons. The van der Waals surface area contributed by atoms with Crippen molar-refractivity contribution in [2.24, 2.45) is 21.5 Å². The Kier molecular flexibility index (Phi) is 3.72. The number of nitrogens with two attached hydrogens (primary N) is 2. The fourth-order valence-corrected chi connectivity index (χ4v) is 3.95. The lowest BCUT2D eigenvalue weighted by Gasteiger charge is -2.46. The fourth-order valence-electron chi connectivity index (χ4n) is 3.95. The molecule has 1 aliphatic carbocycles. The zero-order valence-electron chi connectivity index (χ0n) is 14.2. The molecule has 4 rings (SSSR count). The van der Waals surface area contributed by atoms with Crippen molar-refractivity contribution in [2.75, 3.05) is 11.7 Å². The number of aliphatic imine (C=N–C) groups is 2. The molecular weight excluding hydrogens is 322 g/mol. The second-order valence-corrected chi connectivity index (χ2v) is 6.76. The van der Waals surface area contributed by atoms with E-state index in [9.17, 15) is 5.11 Å². The van der Waals surface area contributed by atoms with Crippen molar-refractivity contribution in [1.82, 2.24) is 0 Å². The predicted molar refractivity (Wildman–Crippen MR) is 94.7 cm³/mol. The molecule has 25 heavy (non-hydrogen) atoms. The molecule has 2 aliphatic heterocycles. The summed E-state index contributed by atoms with van der Waals surface area (Å²) in [6, 6.07) is 3.65. The molecule has 0 bridgehead atoms. The fraction of sp³-hybridized carbons (Fsp3) is 0.529. The van der Waals surface area contributed by atoms with E-state index in [-0.39, 0.29) is 18.7 Å². The molecule has 0 aromatic heterocycles. The highest BCUT2D eigenvalue weighted by Crippen LogP contribution is 2.46. The van der Waals surface area contributed by atoms with Crippen LogP contribution in [0.2, 0.25) is 0 Å². The Balaban J connectivity index is 1.88. The Morgan fingerprint density at radius 1 is 1.16 bits per heavy atom. The maximum Gasteiger partial charge on any atom is 0.231 e. The highest BCUT2D eigenvalue weighted by atomic mass is 16.7. The van der Waals surface area contributed by atoms with Crippen molar-refractivity contribution < 1.29 is 14.6 Å². The largest absolute Gasteiger partial charge is 0.454 e. The molecule has 5 N–H and O–H groups in total.